The van der Waals surface area contributed by atoms with Crippen molar-refractivity contribution in [2.45, 2.75) is 12.6 Å². The van der Waals surface area contributed by atoms with Crippen LogP contribution in [0.15, 0.2) is 6.20 Å². The Kier molecular flexibility index (Phi) is 3.56. The fraction of sp³-hybridized carbons (Fsp3) is 0.778. The second kappa shape index (κ2) is 4.92. The molecule has 1 fully saturated rings. The van der Waals surface area contributed by atoms with Crippen molar-refractivity contribution >= 4 is 11.6 Å². The first-order valence-corrected chi connectivity index (χ1v) is 5.56. The van der Waals surface area contributed by atoms with Gasteiger partial charge in [-0.1, -0.05) is 0 Å². The number of hydrogen-bond acceptors (Lipinski definition) is 4. The molecule has 1 aromatic heterocycles. The number of ether oxygens (including phenoxy) is 1. The molecule has 2 rings (SSSR count). The largest absolute Gasteiger partial charge is 0.378 e. The third kappa shape index (κ3) is 2.68. The summed E-state index contributed by atoms with van der Waals surface area (Å²) in [5, 5.41) is 8.30. The number of rotatable bonds is 3. The summed E-state index contributed by atoms with van der Waals surface area (Å²) in [6, 6.07) is 0.294. The van der Waals surface area contributed by atoms with E-state index in [1.54, 1.807) is 11.0 Å². The van der Waals surface area contributed by atoms with Crippen LogP contribution in [0.4, 0.5) is 0 Å². The van der Waals surface area contributed by atoms with Gasteiger partial charge in [-0.25, -0.2) is 0 Å². The molecule has 0 radical (unpaired) electrons. The van der Waals surface area contributed by atoms with Gasteiger partial charge in [-0.3, -0.25) is 4.90 Å². The Morgan fingerprint density at radius 3 is 3.20 bits per heavy atom. The SMILES string of the molecule is Cn1ncc(CN2CCOCC2CCl)n1. The minimum absolute atomic E-state index is 0.294. The van der Waals surface area contributed by atoms with Gasteiger partial charge in [0.05, 0.1) is 25.1 Å². The third-order valence-corrected chi connectivity index (χ3v) is 2.90. The summed E-state index contributed by atoms with van der Waals surface area (Å²) in [4.78, 5) is 3.87. The first-order valence-electron chi connectivity index (χ1n) is 5.02. The van der Waals surface area contributed by atoms with Crippen molar-refractivity contribution in [3.05, 3.63) is 11.9 Å². The van der Waals surface area contributed by atoms with Crippen LogP contribution < -0.4 is 0 Å². The highest BCUT2D eigenvalue weighted by molar-refractivity contribution is 6.18. The standard InChI is InChI=1S/C9H15ClN4O/c1-13-11-5-8(12-13)6-14-2-3-15-7-9(14)4-10/h5,9H,2-4,6-7H2,1H3. The molecule has 0 bridgehead atoms. The topological polar surface area (TPSA) is 43.2 Å². The summed E-state index contributed by atoms with van der Waals surface area (Å²) in [5.74, 6) is 0.597. The lowest BCUT2D eigenvalue weighted by Crippen LogP contribution is -2.45. The van der Waals surface area contributed by atoms with Crippen LogP contribution in [-0.4, -0.2) is 51.6 Å². The summed E-state index contributed by atoms with van der Waals surface area (Å²) < 4.78 is 5.38. The molecule has 1 aliphatic heterocycles. The van der Waals surface area contributed by atoms with Crippen LogP contribution in [0.1, 0.15) is 5.69 Å². The van der Waals surface area contributed by atoms with E-state index in [9.17, 15) is 0 Å². The zero-order valence-electron chi connectivity index (χ0n) is 8.77. The molecule has 0 amide bonds. The van der Waals surface area contributed by atoms with Crippen molar-refractivity contribution in [2.75, 3.05) is 25.6 Å². The highest BCUT2D eigenvalue weighted by Gasteiger charge is 2.22. The van der Waals surface area contributed by atoms with Crippen molar-refractivity contribution in [3.63, 3.8) is 0 Å². The first-order chi connectivity index (χ1) is 7.29. The molecule has 0 aliphatic carbocycles. The van der Waals surface area contributed by atoms with Crippen molar-refractivity contribution < 1.29 is 4.74 Å². The molecule has 1 saturated heterocycles. The van der Waals surface area contributed by atoms with E-state index >= 15 is 0 Å². The Balaban J connectivity index is 1.97. The summed E-state index contributed by atoms with van der Waals surface area (Å²) in [7, 11) is 1.82. The predicted octanol–water partition coefficient (Wildman–Crippen LogP) is 0.255. The molecule has 0 N–H and O–H groups in total. The number of morpholine rings is 1. The van der Waals surface area contributed by atoms with E-state index in [2.05, 4.69) is 15.1 Å². The second-order valence-electron chi connectivity index (χ2n) is 3.68. The smallest absolute Gasteiger partial charge is 0.0967 e. The van der Waals surface area contributed by atoms with Gasteiger partial charge in [0.1, 0.15) is 0 Å². The molecule has 1 aromatic rings. The first kappa shape index (κ1) is 10.9. The molecular formula is C9H15ClN4O. The fourth-order valence-electron chi connectivity index (χ4n) is 1.71. The van der Waals surface area contributed by atoms with Crippen LogP contribution in [0.3, 0.4) is 0 Å². The number of aromatic nitrogens is 3. The number of nitrogens with zero attached hydrogens (tertiary/aromatic N) is 4. The van der Waals surface area contributed by atoms with Gasteiger partial charge in [0.15, 0.2) is 0 Å². The van der Waals surface area contributed by atoms with Gasteiger partial charge in [-0.05, 0) is 0 Å². The molecule has 1 aliphatic rings. The minimum atomic E-state index is 0.294. The lowest BCUT2D eigenvalue weighted by Gasteiger charge is -2.33. The highest BCUT2D eigenvalue weighted by Crippen LogP contribution is 2.11. The summed E-state index contributed by atoms with van der Waals surface area (Å²) in [5.41, 5.74) is 0.981. The van der Waals surface area contributed by atoms with E-state index < -0.39 is 0 Å². The molecule has 1 atom stereocenters. The number of halogens is 1. The summed E-state index contributed by atoms with van der Waals surface area (Å²) in [6.07, 6.45) is 1.79. The van der Waals surface area contributed by atoms with E-state index in [1.165, 1.54) is 0 Å². The Labute approximate surface area is 94.0 Å². The van der Waals surface area contributed by atoms with Gasteiger partial charge in [-0.2, -0.15) is 15.0 Å². The van der Waals surface area contributed by atoms with Crippen LogP contribution in [0.5, 0.6) is 0 Å². The molecule has 2 heterocycles. The van der Waals surface area contributed by atoms with Gasteiger partial charge < -0.3 is 4.74 Å². The van der Waals surface area contributed by atoms with Gasteiger partial charge in [0.25, 0.3) is 0 Å². The maximum atomic E-state index is 5.88. The monoisotopic (exact) mass is 230 g/mol. The molecule has 1 unspecified atom stereocenters. The van der Waals surface area contributed by atoms with Gasteiger partial charge in [0.2, 0.25) is 0 Å². The van der Waals surface area contributed by atoms with E-state index in [4.69, 9.17) is 16.3 Å². The van der Waals surface area contributed by atoms with Crippen molar-refractivity contribution in [2.24, 2.45) is 7.05 Å². The molecule has 5 nitrogen and oxygen atoms in total. The number of aryl methyl sites for hydroxylation is 1. The van der Waals surface area contributed by atoms with E-state index in [-0.39, 0.29) is 0 Å². The van der Waals surface area contributed by atoms with Crippen LogP contribution >= 0.6 is 11.6 Å². The molecule has 0 aromatic carbocycles. The van der Waals surface area contributed by atoms with Crippen molar-refractivity contribution in [3.8, 4) is 0 Å². The van der Waals surface area contributed by atoms with Crippen LogP contribution in [0.2, 0.25) is 0 Å². The third-order valence-electron chi connectivity index (χ3n) is 2.54. The molecular weight excluding hydrogens is 216 g/mol. The molecule has 84 valence electrons. The van der Waals surface area contributed by atoms with Gasteiger partial charge >= 0.3 is 0 Å². The van der Waals surface area contributed by atoms with Crippen LogP contribution in [0, 0.1) is 0 Å². The maximum Gasteiger partial charge on any atom is 0.0967 e. The predicted molar refractivity (Wildman–Crippen MR) is 56.7 cm³/mol. The average Bonchev–Trinajstić information content (AvgIpc) is 2.65. The van der Waals surface area contributed by atoms with E-state index in [1.807, 2.05) is 7.05 Å². The summed E-state index contributed by atoms with van der Waals surface area (Å²) in [6.45, 7) is 3.19. The Bertz CT molecular complexity index is 317. The molecule has 0 spiro atoms. The summed E-state index contributed by atoms with van der Waals surface area (Å²) >= 11 is 5.88. The Morgan fingerprint density at radius 1 is 1.67 bits per heavy atom. The Morgan fingerprint density at radius 2 is 2.53 bits per heavy atom. The van der Waals surface area contributed by atoms with Crippen molar-refractivity contribution in [1.29, 1.82) is 0 Å². The Hall–Kier alpha value is -0.650. The fourth-order valence-corrected chi connectivity index (χ4v) is 1.99. The molecule has 6 heteroatoms. The minimum Gasteiger partial charge on any atom is -0.378 e. The number of hydrogen-bond donors (Lipinski definition) is 0. The zero-order valence-corrected chi connectivity index (χ0v) is 9.52. The second-order valence-corrected chi connectivity index (χ2v) is 3.99. The zero-order chi connectivity index (χ0) is 10.7. The molecule has 0 saturated carbocycles. The van der Waals surface area contributed by atoms with Crippen LogP contribution in [0.25, 0.3) is 0 Å². The van der Waals surface area contributed by atoms with Crippen LogP contribution in [-0.2, 0) is 18.3 Å². The normalized spacial score (nSPS) is 23.2. The van der Waals surface area contributed by atoms with Gasteiger partial charge in [0, 0.05) is 32.1 Å². The van der Waals surface area contributed by atoms with E-state index in [0.29, 0.717) is 18.5 Å². The number of alkyl halides is 1. The average molecular weight is 231 g/mol. The molecule has 15 heavy (non-hydrogen) atoms. The van der Waals surface area contributed by atoms with Gasteiger partial charge in [-0.15, -0.1) is 11.6 Å². The quantitative estimate of drug-likeness (QED) is 0.699. The maximum absolute atomic E-state index is 5.88. The van der Waals surface area contributed by atoms with E-state index in [0.717, 1.165) is 25.4 Å². The highest BCUT2D eigenvalue weighted by atomic mass is 35.5. The lowest BCUT2D eigenvalue weighted by molar-refractivity contribution is -0.00363. The lowest BCUT2D eigenvalue weighted by atomic mass is 10.2. The van der Waals surface area contributed by atoms with Crippen molar-refractivity contribution in [1.82, 2.24) is 19.9 Å².